The van der Waals surface area contributed by atoms with Gasteiger partial charge in [-0.2, -0.15) is 0 Å². The first kappa shape index (κ1) is 8.52. The van der Waals surface area contributed by atoms with E-state index in [0.717, 1.165) is 13.0 Å². The van der Waals surface area contributed by atoms with Crippen molar-refractivity contribution < 1.29 is 0 Å². The molecule has 0 aromatic rings. The highest BCUT2D eigenvalue weighted by Gasteiger charge is 1.84. The summed E-state index contributed by atoms with van der Waals surface area (Å²) in [6.45, 7) is 1.12. The van der Waals surface area contributed by atoms with Gasteiger partial charge >= 0.3 is 0 Å². The minimum atomic E-state index is 0.934. The molecule has 0 rings (SSSR count). The fraction of sp³-hybridized carbons (Fsp3) is 0.750. The molecule has 0 spiro atoms. The summed E-state index contributed by atoms with van der Waals surface area (Å²) < 4.78 is 0. The minimum absolute atomic E-state index is 0.934. The summed E-state index contributed by atoms with van der Waals surface area (Å²) in [5, 5.41) is 3.09. The van der Waals surface area contributed by atoms with Gasteiger partial charge in [0.05, 0.1) is 0 Å². The molecule has 0 saturated heterocycles. The van der Waals surface area contributed by atoms with Crippen LogP contribution in [0.25, 0.3) is 0 Å². The average Bonchev–Trinajstić information content (AvgIpc) is 1.89. The Balaban J connectivity index is 2.69. The lowest BCUT2D eigenvalue weighted by Gasteiger charge is -1.95. The van der Waals surface area contributed by atoms with Crippen LogP contribution in [0.4, 0.5) is 0 Å². The molecule has 1 N–H and O–H groups in total. The largest absolute Gasteiger partial charge is 0.320 e. The Morgan fingerprint density at radius 2 is 2.11 bits per heavy atom. The summed E-state index contributed by atoms with van der Waals surface area (Å²) in [6.07, 6.45) is 9.69. The van der Waals surface area contributed by atoms with Crippen LogP contribution in [0.2, 0.25) is 0 Å². The van der Waals surface area contributed by atoms with Crippen molar-refractivity contribution in [3.8, 4) is 12.3 Å². The van der Waals surface area contributed by atoms with Crippen LogP contribution in [0.3, 0.4) is 0 Å². The third-order valence-electron chi connectivity index (χ3n) is 1.25. The molecule has 0 atom stereocenters. The molecule has 9 heavy (non-hydrogen) atoms. The lowest BCUT2D eigenvalue weighted by molar-refractivity contribution is 0.651. The van der Waals surface area contributed by atoms with Crippen LogP contribution in [0.5, 0.6) is 0 Å². The number of rotatable bonds is 5. The van der Waals surface area contributed by atoms with E-state index in [9.17, 15) is 0 Å². The predicted octanol–water partition coefficient (Wildman–Crippen LogP) is 1.40. The predicted molar refractivity (Wildman–Crippen MR) is 41.2 cm³/mol. The molecule has 0 fully saturated rings. The van der Waals surface area contributed by atoms with Crippen molar-refractivity contribution in [2.45, 2.75) is 25.7 Å². The Hall–Kier alpha value is -0.480. The molecule has 0 saturated carbocycles. The highest BCUT2D eigenvalue weighted by atomic mass is 14.8. The van der Waals surface area contributed by atoms with Crippen LogP contribution >= 0.6 is 0 Å². The Morgan fingerprint density at radius 3 is 2.67 bits per heavy atom. The van der Waals surface area contributed by atoms with E-state index < -0.39 is 0 Å². The molecule has 0 aliphatic heterocycles. The molecule has 0 aromatic carbocycles. The van der Waals surface area contributed by atoms with Gasteiger partial charge in [-0.1, -0.05) is 6.42 Å². The van der Waals surface area contributed by atoms with Gasteiger partial charge in [0.2, 0.25) is 0 Å². The van der Waals surface area contributed by atoms with Crippen molar-refractivity contribution >= 4 is 0 Å². The van der Waals surface area contributed by atoms with E-state index in [1.165, 1.54) is 19.3 Å². The van der Waals surface area contributed by atoms with Gasteiger partial charge in [-0.3, -0.25) is 0 Å². The van der Waals surface area contributed by atoms with Crippen molar-refractivity contribution in [1.29, 1.82) is 0 Å². The molecule has 1 heteroatoms. The lowest BCUT2D eigenvalue weighted by Crippen LogP contribution is -2.06. The maximum Gasteiger partial charge on any atom is 0.00860 e. The van der Waals surface area contributed by atoms with E-state index in [2.05, 4.69) is 11.2 Å². The zero-order chi connectivity index (χ0) is 6.95. The summed E-state index contributed by atoms with van der Waals surface area (Å²) in [4.78, 5) is 0. The van der Waals surface area contributed by atoms with Crippen molar-refractivity contribution in [2.75, 3.05) is 13.6 Å². The molecule has 0 unspecified atom stereocenters. The summed E-state index contributed by atoms with van der Waals surface area (Å²) in [5.41, 5.74) is 0. The van der Waals surface area contributed by atoms with E-state index in [-0.39, 0.29) is 0 Å². The van der Waals surface area contributed by atoms with Gasteiger partial charge in [0.25, 0.3) is 0 Å². The van der Waals surface area contributed by atoms with Gasteiger partial charge in [-0.25, -0.2) is 0 Å². The third kappa shape index (κ3) is 7.52. The second-order valence-corrected chi connectivity index (χ2v) is 2.12. The maximum atomic E-state index is 5.08. The number of hydrogen-bond acceptors (Lipinski definition) is 1. The van der Waals surface area contributed by atoms with Crippen LogP contribution in [0, 0.1) is 12.3 Å². The zero-order valence-corrected chi connectivity index (χ0v) is 6.11. The molecular weight excluding hydrogens is 110 g/mol. The zero-order valence-electron chi connectivity index (χ0n) is 6.11. The van der Waals surface area contributed by atoms with Gasteiger partial charge in [0, 0.05) is 6.42 Å². The summed E-state index contributed by atoms with van der Waals surface area (Å²) >= 11 is 0. The van der Waals surface area contributed by atoms with Crippen LogP contribution in [0.15, 0.2) is 0 Å². The van der Waals surface area contributed by atoms with Crippen LogP contribution in [-0.2, 0) is 0 Å². The number of terminal acetylenes is 1. The Morgan fingerprint density at radius 1 is 1.33 bits per heavy atom. The van der Waals surface area contributed by atoms with Gasteiger partial charge < -0.3 is 5.32 Å². The van der Waals surface area contributed by atoms with Crippen LogP contribution in [0.1, 0.15) is 25.7 Å². The summed E-state index contributed by atoms with van der Waals surface area (Å²) in [6, 6.07) is 0. The van der Waals surface area contributed by atoms with E-state index in [0.29, 0.717) is 0 Å². The molecule has 0 heterocycles. The molecular formula is C8H15N. The fourth-order valence-corrected chi connectivity index (χ4v) is 0.706. The monoisotopic (exact) mass is 125 g/mol. The Bertz CT molecular complexity index is 81.1. The number of nitrogens with one attached hydrogen (secondary N) is 1. The third-order valence-corrected chi connectivity index (χ3v) is 1.25. The first-order valence-corrected chi connectivity index (χ1v) is 3.50. The number of hydrogen-bond donors (Lipinski definition) is 1. The molecule has 52 valence electrons. The van der Waals surface area contributed by atoms with Gasteiger partial charge in [0.15, 0.2) is 0 Å². The van der Waals surface area contributed by atoms with Crippen molar-refractivity contribution in [2.24, 2.45) is 0 Å². The summed E-state index contributed by atoms with van der Waals surface area (Å²) in [7, 11) is 1.97. The lowest BCUT2D eigenvalue weighted by atomic mass is 10.2. The highest BCUT2D eigenvalue weighted by Crippen LogP contribution is 1.96. The van der Waals surface area contributed by atoms with Crippen LogP contribution in [-0.4, -0.2) is 13.6 Å². The Labute approximate surface area is 57.8 Å². The normalized spacial score (nSPS) is 8.89. The quantitative estimate of drug-likeness (QED) is 0.432. The topological polar surface area (TPSA) is 12.0 Å². The fourth-order valence-electron chi connectivity index (χ4n) is 0.706. The van der Waals surface area contributed by atoms with Gasteiger partial charge in [-0.05, 0) is 26.4 Å². The van der Waals surface area contributed by atoms with Crippen LogP contribution < -0.4 is 5.32 Å². The molecule has 0 aliphatic carbocycles. The van der Waals surface area contributed by atoms with Crippen molar-refractivity contribution in [1.82, 2.24) is 5.32 Å². The highest BCUT2D eigenvalue weighted by molar-refractivity contribution is 4.82. The smallest absolute Gasteiger partial charge is 0.00860 e. The molecule has 1 nitrogen and oxygen atoms in total. The van der Waals surface area contributed by atoms with Gasteiger partial charge in [-0.15, -0.1) is 12.3 Å². The minimum Gasteiger partial charge on any atom is -0.320 e. The first-order valence-electron chi connectivity index (χ1n) is 3.50. The standard InChI is InChI=1S/C8H15N/c1-3-4-5-6-7-8-9-2/h1,9H,4-8H2,2H3. The van der Waals surface area contributed by atoms with Crippen molar-refractivity contribution in [3.05, 3.63) is 0 Å². The van der Waals surface area contributed by atoms with Gasteiger partial charge in [0.1, 0.15) is 0 Å². The van der Waals surface area contributed by atoms with E-state index in [1.54, 1.807) is 0 Å². The molecule has 0 aromatic heterocycles. The Kier molecular flexibility index (Phi) is 7.12. The molecule has 0 aliphatic rings. The SMILES string of the molecule is C#CCCCCCNC. The second kappa shape index (κ2) is 7.52. The summed E-state index contributed by atoms with van der Waals surface area (Å²) in [5.74, 6) is 2.62. The maximum absolute atomic E-state index is 5.08. The molecule has 0 radical (unpaired) electrons. The average molecular weight is 125 g/mol. The first-order chi connectivity index (χ1) is 4.41. The molecule has 0 bridgehead atoms. The van der Waals surface area contributed by atoms with E-state index in [4.69, 9.17) is 6.42 Å². The second-order valence-electron chi connectivity index (χ2n) is 2.12. The number of unbranched alkanes of at least 4 members (excludes halogenated alkanes) is 3. The van der Waals surface area contributed by atoms with E-state index >= 15 is 0 Å². The van der Waals surface area contributed by atoms with Crippen molar-refractivity contribution in [3.63, 3.8) is 0 Å². The van der Waals surface area contributed by atoms with E-state index in [1.807, 2.05) is 7.05 Å². The molecule has 0 amide bonds.